The van der Waals surface area contributed by atoms with Crippen LogP contribution in [0.25, 0.3) is 50.1 Å². The number of hydrogen-bond acceptors (Lipinski definition) is 1. The summed E-state index contributed by atoms with van der Waals surface area (Å²) in [7, 11) is 0. The predicted molar refractivity (Wildman–Crippen MR) is 138 cm³/mol. The van der Waals surface area contributed by atoms with Crippen molar-refractivity contribution in [2.24, 2.45) is 0 Å². The first-order valence-electron chi connectivity index (χ1n) is 11.5. The minimum Gasteiger partial charge on any atom is -0.295 e. The number of imidazole rings is 1. The lowest BCUT2D eigenvalue weighted by atomic mass is 9.92. The van der Waals surface area contributed by atoms with E-state index in [4.69, 9.17) is 4.98 Å². The maximum atomic E-state index is 5.16. The summed E-state index contributed by atoms with van der Waals surface area (Å²) in [5.41, 5.74) is 9.87. The van der Waals surface area contributed by atoms with Crippen LogP contribution in [0.15, 0.2) is 103 Å². The van der Waals surface area contributed by atoms with E-state index in [1.54, 1.807) is 0 Å². The van der Waals surface area contributed by atoms with Crippen molar-refractivity contribution in [3.05, 3.63) is 120 Å². The van der Waals surface area contributed by atoms with Gasteiger partial charge in [-0.25, -0.2) is 4.98 Å². The Hall–Kier alpha value is -4.17. The van der Waals surface area contributed by atoms with Gasteiger partial charge in [-0.05, 0) is 52.6 Å². The topological polar surface area (TPSA) is 17.3 Å². The zero-order valence-electron chi connectivity index (χ0n) is 18.2. The summed E-state index contributed by atoms with van der Waals surface area (Å²) in [5.74, 6) is 0. The Bertz CT molecular complexity index is 1690. The molecule has 1 aliphatic carbocycles. The number of rotatable bonds is 2. The normalized spacial score (nSPS) is 13.4. The van der Waals surface area contributed by atoms with Crippen LogP contribution in [0.5, 0.6) is 0 Å². The highest BCUT2D eigenvalue weighted by Crippen LogP contribution is 2.36. The molecule has 0 atom stereocenters. The summed E-state index contributed by atoms with van der Waals surface area (Å²) in [6.07, 6.45) is 4.31. The van der Waals surface area contributed by atoms with Crippen molar-refractivity contribution in [2.45, 2.75) is 12.8 Å². The molecule has 6 aromatic rings. The summed E-state index contributed by atoms with van der Waals surface area (Å²) in [6, 6.07) is 36.8. The largest absolute Gasteiger partial charge is 0.295 e. The Balaban J connectivity index is 1.39. The summed E-state index contributed by atoms with van der Waals surface area (Å²) < 4.78 is 2.39. The molecule has 2 nitrogen and oxygen atoms in total. The van der Waals surface area contributed by atoms with Crippen molar-refractivity contribution in [2.75, 3.05) is 0 Å². The molecular formula is C31H22N2. The molecule has 0 saturated carbocycles. The lowest BCUT2D eigenvalue weighted by Gasteiger charge is -2.15. The maximum Gasteiger partial charge on any atom is 0.146 e. The molecule has 0 saturated heterocycles. The highest BCUT2D eigenvalue weighted by atomic mass is 15.0. The minimum absolute atomic E-state index is 0.991. The second kappa shape index (κ2) is 7.18. The van der Waals surface area contributed by atoms with E-state index in [9.17, 15) is 0 Å². The van der Waals surface area contributed by atoms with Gasteiger partial charge in [0, 0.05) is 10.8 Å². The Morgan fingerprint density at radius 3 is 2.00 bits per heavy atom. The highest BCUT2D eigenvalue weighted by molar-refractivity contribution is 6.12. The van der Waals surface area contributed by atoms with Crippen LogP contribution in [0.4, 0.5) is 0 Å². The van der Waals surface area contributed by atoms with Crippen LogP contribution in [0.1, 0.15) is 23.4 Å². The zero-order chi connectivity index (χ0) is 21.8. The van der Waals surface area contributed by atoms with E-state index in [2.05, 4.69) is 114 Å². The van der Waals surface area contributed by atoms with E-state index < -0.39 is 0 Å². The first kappa shape index (κ1) is 18.4. The molecule has 4 aromatic carbocycles. The number of para-hydroxylation sites is 1. The fraction of sp³-hybridized carbons (Fsp3) is 0.0645. The zero-order valence-corrected chi connectivity index (χ0v) is 18.2. The number of hydrogen-bond donors (Lipinski definition) is 0. The van der Waals surface area contributed by atoms with Crippen molar-refractivity contribution in [3.8, 4) is 11.1 Å². The number of nitrogens with zero attached hydrogens (tertiary/aromatic N) is 2. The lowest BCUT2D eigenvalue weighted by Crippen LogP contribution is -2.02. The van der Waals surface area contributed by atoms with Crippen LogP contribution in [-0.2, 0) is 6.42 Å². The third-order valence-electron chi connectivity index (χ3n) is 6.91. The molecule has 0 bridgehead atoms. The van der Waals surface area contributed by atoms with E-state index >= 15 is 0 Å². The van der Waals surface area contributed by atoms with Gasteiger partial charge >= 0.3 is 0 Å². The van der Waals surface area contributed by atoms with Crippen molar-refractivity contribution >= 4 is 39.0 Å². The Morgan fingerprint density at radius 1 is 0.545 bits per heavy atom. The van der Waals surface area contributed by atoms with Crippen LogP contribution >= 0.6 is 0 Å². The molecule has 0 unspecified atom stereocenters. The van der Waals surface area contributed by atoms with E-state index in [-0.39, 0.29) is 0 Å². The Labute approximate surface area is 192 Å². The molecule has 156 valence electrons. The SMILES string of the molecule is C1=C(c2ccc(-c3ccccc3)cc2)CCc2c1nc1c3ccccc3c3ccccc3n21. The van der Waals surface area contributed by atoms with Crippen molar-refractivity contribution in [3.63, 3.8) is 0 Å². The van der Waals surface area contributed by atoms with Gasteiger partial charge in [0.2, 0.25) is 0 Å². The van der Waals surface area contributed by atoms with Gasteiger partial charge in [-0.2, -0.15) is 0 Å². The van der Waals surface area contributed by atoms with Gasteiger partial charge in [0.05, 0.1) is 16.9 Å². The smallest absolute Gasteiger partial charge is 0.146 e. The molecule has 0 N–H and O–H groups in total. The fourth-order valence-electron chi connectivity index (χ4n) is 5.30. The van der Waals surface area contributed by atoms with Gasteiger partial charge < -0.3 is 0 Å². The monoisotopic (exact) mass is 422 g/mol. The molecule has 7 rings (SSSR count). The minimum atomic E-state index is 0.991. The predicted octanol–water partition coefficient (Wildman–Crippen LogP) is 7.79. The van der Waals surface area contributed by atoms with Crippen molar-refractivity contribution in [1.82, 2.24) is 9.38 Å². The fourth-order valence-corrected chi connectivity index (χ4v) is 5.30. The Morgan fingerprint density at radius 2 is 1.18 bits per heavy atom. The second-order valence-electron chi connectivity index (χ2n) is 8.78. The standard InChI is InChI=1S/C31H22N2/c1-2-8-21(9-3-1)22-14-16-23(17-15-22)24-18-19-30-28(20-24)32-31-27-12-5-4-10-25(27)26-11-6-7-13-29(26)33(30)31/h1-17,20H,18-19H2. The molecular weight excluding hydrogens is 400 g/mol. The van der Waals surface area contributed by atoms with Gasteiger partial charge in [-0.1, -0.05) is 97.1 Å². The molecule has 0 radical (unpaired) electrons. The second-order valence-corrected chi connectivity index (χ2v) is 8.78. The number of aryl methyl sites for hydroxylation is 1. The average molecular weight is 423 g/mol. The first-order valence-corrected chi connectivity index (χ1v) is 11.5. The number of benzene rings is 4. The summed E-state index contributed by atoms with van der Waals surface area (Å²) in [4.78, 5) is 5.16. The first-order chi connectivity index (χ1) is 16.4. The Kier molecular flexibility index (Phi) is 4.00. The molecule has 2 heteroatoms. The average Bonchev–Trinajstić information content (AvgIpc) is 3.29. The van der Waals surface area contributed by atoms with Crippen LogP contribution in [0.3, 0.4) is 0 Å². The molecule has 0 spiro atoms. The lowest BCUT2D eigenvalue weighted by molar-refractivity contribution is 0.933. The van der Waals surface area contributed by atoms with E-state index in [1.165, 1.54) is 49.6 Å². The van der Waals surface area contributed by atoms with Gasteiger partial charge in [-0.3, -0.25) is 4.40 Å². The number of aromatic nitrogens is 2. The quantitative estimate of drug-likeness (QED) is 0.260. The molecule has 1 aliphatic rings. The number of allylic oxidation sites excluding steroid dienone is 1. The van der Waals surface area contributed by atoms with Crippen LogP contribution in [0.2, 0.25) is 0 Å². The molecule has 0 aliphatic heterocycles. The molecule has 0 amide bonds. The third kappa shape index (κ3) is 2.84. The van der Waals surface area contributed by atoms with Gasteiger partial charge in [0.25, 0.3) is 0 Å². The summed E-state index contributed by atoms with van der Waals surface area (Å²) >= 11 is 0. The third-order valence-corrected chi connectivity index (χ3v) is 6.91. The van der Waals surface area contributed by atoms with Gasteiger partial charge in [0.15, 0.2) is 0 Å². The number of fused-ring (bicyclic) bond motifs is 8. The summed E-state index contributed by atoms with van der Waals surface area (Å²) in [5, 5.41) is 3.77. The van der Waals surface area contributed by atoms with Crippen molar-refractivity contribution in [1.29, 1.82) is 0 Å². The molecule has 0 fully saturated rings. The van der Waals surface area contributed by atoms with Crippen LogP contribution in [-0.4, -0.2) is 9.38 Å². The van der Waals surface area contributed by atoms with Gasteiger partial charge in [-0.15, -0.1) is 0 Å². The van der Waals surface area contributed by atoms with Crippen LogP contribution < -0.4 is 0 Å². The van der Waals surface area contributed by atoms with Crippen molar-refractivity contribution < 1.29 is 0 Å². The summed E-state index contributed by atoms with van der Waals surface area (Å²) in [6.45, 7) is 0. The van der Waals surface area contributed by atoms with E-state index in [0.717, 1.165) is 24.2 Å². The van der Waals surface area contributed by atoms with E-state index in [1.807, 2.05) is 0 Å². The van der Waals surface area contributed by atoms with Crippen LogP contribution in [0, 0.1) is 0 Å². The highest BCUT2D eigenvalue weighted by Gasteiger charge is 2.21. The maximum absolute atomic E-state index is 5.16. The van der Waals surface area contributed by atoms with E-state index in [0.29, 0.717) is 0 Å². The molecule has 2 heterocycles. The molecule has 33 heavy (non-hydrogen) atoms. The number of pyridine rings is 1. The molecule has 2 aromatic heterocycles. The van der Waals surface area contributed by atoms with Gasteiger partial charge in [0.1, 0.15) is 5.65 Å².